The van der Waals surface area contributed by atoms with Crippen molar-refractivity contribution in [2.24, 2.45) is 0 Å². The molecule has 114 valence electrons. The van der Waals surface area contributed by atoms with E-state index in [4.69, 9.17) is 0 Å². The van der Waals surface area contributed by atoms with Crippen molar-refractivity contribution >= 4 is 17.5 Å². The highest BCUT2D eigenvalue weighted by Gasteiger charge is 2.15. The molecule has 1 aliphatic rings. The number of likely N-dealkylation sites (tertiary alicyclic amines) is 1. The number of pyridine rings is 1. The van der Waals surface area contributed by atoms with Gasteiger partial charge in [0.25, 0.3) is 5.91 Å². The molecule has 6 heteroatoms. The van der Waals surface area contributed by atoms with Gasteiger partial charge in [-0.3, -0.25) is 14.6 Å². The first-order chi connectivity index (χ1) is 10.2. The first-order valence-electron chi connectivity index (χ1n) is 7.40. The van der Waals surface area contributed by atoms with Gasteiger partial charge in [0.15, 0.2) is 0 Å². The van der Waals surface area contributed by atoms with Crippen LogP contribution in [0.1, 0.15) is 36.2 Å². The molecular formula is C15H22N4O2. The Bertz CT molecular complexity index is 498. The average molecular weight is 290 g/mol. The molecule has 0 saturated carbocycles. The SMILES string of the molecule is CNC(=O)c1cc(NCCC(=O)N2CCCCC2)ccn1. The summed E-state index contributed by atoms with van der Waals surface area (Å²) in [6.45, 7) is 2.33. The van der Waals surface area contributed by atoms with E-state index in [2.05, 4.69) is 15.6 Å². The smallest absolute Gasteiger partial charge is 0.269 e. The van der Waals surface area contributed by atoms with Gasteiger partial charge in [0, 0.05) is 45.0 Å². The highest BCUT2D eigenvalue weighted by atomic mass is 16.2. The van der Waals surface area contributed by atoms with E-state index in [0.29, 0.717) is 18.7 Å². The van der Waals surface area contributed by atoms with E-state index in [1.54, 1.807) is 25.4 Å². The average Bonchev–Trinajstić information content (AvgIpc) is 2.55. The lowest BCUT2D eigenvalue weighted by molar-refractivity contribution is -0.131. The van der Waals surface area contributed by atoms with Gasteiger partial charge in [-0.2, -0.15) is 0 Å². The molecule has 1 aromatic heterocycles. The molecule has 0 radical (unpaired) electrons. The van der Waals surface area contributed by atoms with Crippen LogP contribution in [0, 0.1) is 0 Å². The lowest BCUT2D eigenvalue weighted by Gasteiger charge is -2.26. The van der Waals surface area contributed by atoms with Gasteiger partial charge in [0.2, 0.25) is 5.91 Å². The number of hydrogen-bond donors (Lipinski definition) is 2. The maximum atomic E-state index is 12.0. The van der Waals surface area contributed by atoms with Crippen molar-refractivity contribution in [3.05, 3.63) is 24.0 Å². The molecule has 0 bridgehead atoms. The Balaban J connectivity index is 1.80. The number of carbonyl (C=O) groups is 2. The summed E-state index contributed by atoms with van der Waals surface area (Å²) in [5, 5.41) is 5.70. The molecule has 1 aliphatic heterocycles. The summed E-state index contributed by atoms with van der Waals surface area (Å²) >= 11 is 0. The van der Waals surface area contributed by atoms with Gasteiger partial charge in [0.05, 0.1) is 0 Å². The molecule has 0 aromatic carbocycles. The van der Waals surface area contributed by atoms with Crippen molar-refractivity contribution < 1.29 is 9.59 Å². The minimum Gasteiger partial charge on any atom is -0.384 e. The summed E-state index contributed by atoms with van der Waals surface area (Å²) in [5.41, 5.74) is 1.17. The number of rotatable bonds is 5. The summed E-state index contributed by atoms with van der Waals surface area (Å²) in [5.74, 6) is -0.0224. The molecule has 6 nitrogen and oxygen atoms in total. The number of amides is 2. The molecule has 1 aromatic rings. The minimum absolute atomic E-state index is 0.197. The Morgan fingerprint density at radius 1 is 1.29 bits per heavy atom. The molecule has 1 saturated heterocycles. The normalized spacial score (nSPS) is 14.6. The van der Waals surface area contributed by atoms with Crippen LogP contribution in [0.3, 0.4) is 0 Å². The molecular weight excluding hydrogens is 268 g/mol. The summed E-state index contributed by atoms with van der Waals surface area (Å²) in [6.07, 6.45) is 5.50. The first-order valence-corrected chi connectivity index (χ1v) is 7.40. The van der Waals surface area contributed by atoms with E-state index in [-0.39, 0.29) is 11.8 Å². The van der Waals surface area contributed by atoms with Gasteiger partial charge in [0.1, 0.15) is 5.69 Å². The fraction of sp³-hybridized carbons (Fsp3) is 0.533. The number of nitrogens with one attached hydrogen (secondary N) is 2. The van der Waals surface area contributed by atoms with Crippen molar-refractivity contribution in [3.63, 3.8) is 0 Å². The molecule has 2 N–H and O–H groups in total. The van der Waals surface area contributed by atoms with Crippen LogP contribution in [-0.2, 0) is 4.79 Å². The lowest BCUT2D eigenvalue weighted by Crippen LogP contribution is -2.36. The van der Waals surface area contributed by atoms with Crippen LogP contribution in [0.4, 0.5) is 5.69 Å². The van der Waals surface area contributed by atoms with Crippen molar-refractivity contribution in [3.8, 4) is 0 Å². The third-order valence-corrected chi connectivity index (χ3v) is 3.60. The van der Waals surface area contributed by atoms with Gasteiger partial charge < -0.3 is 15.5 Å². The van der Waals surface area contributed by atoms with E-state index in [0.717, 1.165) is 31.6 Å². The van der Waals surface area contributed by atoms with Crippen LogP contribution in [0.5, 0.6) is 0 Å². The first kappa shape index (κ1) is 15.3. The fourth-order valence-electron chi connectivity index (χ4n) is 2.41. The van der Waals surface area contributed by atoms with E-state index >= 15 is 0 Å². The maximum absolute atomic E-state index is 12.0. The van der Waals surface area contributed by atoms with E-state index in [1.807, 2.05) is 4.90 Å². The molecule has 1 fully saturated rings. The molecule has 0 atom stereocenters. The largest absolute Gasteiger partial charge is 0.384 e. The molecule has 0 aliphatic carbocycles. The third-order valence-electron chi connectivity index (χ3n) is 3.60. The molecule has 2 rings (SSSR count). The van der Waals surface area contributed by atoms with Crippen LogP contribution in [0.25, 0.3) is 0 Å². The van der Waals surface area contributed by atoms with Crippen LogP contribution >= 0.6 is 0 Å². The van der Waals surface area contributed by atoms with E-state index < -0.39 is 0 Å². The Labute approximate surface area is 124 Å². The second-order valence-electron chi connectivity index (χ2n) is 5.13. The Kier molecular flexibility index (Phi) is 5.54. The van der Waals surface area contributed by atoms with Crippen LogP contribution < -0.4 is 10.6 Å². The Hall–Kier alpha value is -2.11. The Morgan fingerprint density at radius 2 is 2.05 bits per heavy atom. The highest BCUT2D eigenvalue weighted by molar-refractivity contribution is 5.92. The summed E-state index contributed by atoms with van der Waals surface area (Å²) < 4.78 is 0. The molecule has 0 unspecified atom stereocenters. The third kappa shape index (κ3) is 4.44. The van der Waals surface area contributed by atoms with Crippen molar-refractivity contribution in [2.45, 2.75) is 25.7 Å². The van der Waals surface area contributed by atoms with Crippen LogP contribution in [0.2, 0.25) is 0 Å². The molecule has 2 amide bonds. The predicted molar refractivity (Wildman–Crippen MR) is 81.2 cm³/mol. The fourth-order valence-corrected chi connectivity index (χ4v) is 2.41. The molecule has 0 spiro atoms. The molecule has 21 heavy (non-hydrogen) atoms. The van der Waals surface area contributed by atoms with E-state index in [9.17, 15) is 9.59 Å². The number of nitrogens with zero attached hydrogens (tertiary/aromatic N) is 2. The summed E-state index contributed by atoms with van der Waals surface area (Å²) in [4.78, 5) is 29.4. The monoisotopic (exact) mass is 290 g/mol. The second-order valence-corrected chi connectivity index (χ2v) is 5.13. The lowest BCUT2D eigenvalue weighted by atomic mass is 10.1. The Morgan fingerprint density at radius 3 is 2.76 bits per heavy atom. The highest BCUT2D eigenvalue weighted by Crippen LogP contribution is 2.11. The van der Waals surface area contributed by atoms with Gasteiger partial charge in [-0.05, 0) is 31.4 Å². The number of hydrogen-bond acceptors (Lipinski definition) is 4. The maximum Gasteiger partial charge on any atom is 0.269 e. The number of anilines is 1. The quantitative estimate of drug-likeness (QED) is 0.856. The van der Waals surface area contributed by atoms with Crippen molar-refractivity contribution in [1.29, 1.82) is 0 Å². The second kappa shape index (κ2) is 7.61. The summed E-state index contributed by atoms with van der Waals surface area (Å²) in [7, 11) is 1.57. The topological polar surface area (TPSA) is 74.3 Å². The zero-order chi connectivity index (χ0) is 15.1. The standard InChI is InChI=1S/C15H22N4O2/c1-16-15(21)13-11-12(5-7-18-13)17-8-6-14(20)19-9-3-2-4-10-19/h5,7,11H,2-4,6,8-10H2,1H3,(H,16,21)(H,17,18). The zero-order valence-corrected chi connectivity index (χ0v) is 12.4. The predicted octanol–water partition coefficient (Wildman–Crippen LogP) is 1.26. The van der Waals surface area contributed by atoms with Gasteiger partial charge in [-0.25, -0.2) is 0 Å². The van der Waals surface area contributed by atoms with Gasteiger partial charge in [-0.1, -0.05) is 0 Å². The zero-order valence-electron chi connectivity index (χ0n) is 12.4. The number of aromatic nitrogens is 1. The van der Waals surface area contributed by atoms with Gasteiger partial charge in [-0.15, -0.1) is 0 Å². The molecule has 2 heterocycles. The van der Waals surface area contributed by atoms with Crippen LogP contribution in [0.15, 0.2) is 18.3 Å². The van der Waals surface area contributed by atoms with Crippen molar-refractivity contribution in [1.82, 2.24) is 15.2 Å². The van der Waals surface area contributed by atoms with Gasteiger partial charge >= 0.3 is 0 Å². The summed E-state index contributed by atoms with van der Waals surface area (Å²) in [6, 6.07) is 3.47. The van der Waals surface area contributed by atoms with Crippen LogP contribution in [-0.4, -0.2) is 48.4 Å². The minimum atomic E-state index is -0.219. The number of carbonyl (C=O) groups excluding carboxylic acids is 2. The van der Waals surface area contributed by atoms with Crippen molar-refractivity contribution in [2.75, 3.05) is 32.0 Å². The number of piperidine rings is 1. The van der Waals surface area contributed by atoms with E-state index in [1.165, 1.54) is 6.42 Å².